The van der Waals surface area contributed by atoms with E-state index in [2.05, 4.69) is 11.1 Å². The van der Waals surface area contributed by atoms with Crippen molar-refractivity contribution in [3.05, 3.63) is 53.8 Å². The summed E-state index contributed by atoms with van der Waals surface area (Å²) in [4.78, 5) is 17.2. The SMILES string of the molecule is CCC(=Nc1ccc2ccccc2c1)C1=C(O)CC(C)(C)CC1=O. The van der Waals surface area contributed by atoms with Gasteiger partial charge in [0.15, 0.2) is 5.78 Å². The Labute approximate surface area is 142 Å². The van der Waals surface area contributed by atoms with Gasteiger partial charge in [-0.05, 0) is 34.7 Å². The molecule has 0 heterocycles. The highest BCUT2D eigenvalue weighted by Gasteiger charge is 2.34. The average Bonchev–Trinajstić information content (AvgIpc) is 2.52. The third-order valence-electron chi connectivity index (χ3n) is 4.47. The van der Waals surface area contributed by atoms with Gasteiger partial charge in [0.05, 0.1) is 17.0 Å². The number of ketones is 1. The molecule has 24 heavy (non-hydrogen) atoms. The Kier molecular flexibility index (Phi) is 4.27. The van der Waals surface area contributed by atoms with Gasteiger partial charge in [0.25, 0.3) is 0 Å². The molecule has 124 valence electrons. The second kappa shape index (κ2) is 6.23. The van der Waals surface area contributed by atoms with E-state index in [0.717, 1.165) is 16.5 Å². The van der Waals surface area contributed by atoms with Gasteiger partial charge in [-0.25, -0.2) is 0 Å². The molecule has 0 fully saturated rings. The Balaban J connectivity index is 2.03. The van der Waals surface area contributed by atoms with Crippen LogP contribution in [0, 0.1) is 5.41 Å². The Bertz CT molecular complexity index is 859. The molecule has 2 aromatic carbocycles. The summed E-state index contributed by atoms with van der Waals surface area (Å²) in [6.07, 6.45) is 1.58. The summed E-state index contributed by atoms with van der Waals surface area (Å²) >= 11 is 0. The molecule has 3 nitrogen and oxygen atoms in total. The standard InChI is InChI=1S/C21H23NO2/c1-4-17(20-18(23)12-21(2,3)13-19(20)24)22-16-10-9-14-7-5-6-8-15(14)11-16/h5-11,23H,4,12-13H2,1-3H3. The number of benzene rings is 2. The fourth-order valence-electron chi connectivity index (χ4n) is 3.33. The van der Waals surface area contributed by atoms with Crippen LogP contribution in [-0.2, 0) is 4.79 Å². The molecule has 0 atom stereocenters. The molecule has 0 amide bonds. The van der Waals surface area contributed by atoms with E-state index in [9.17, 15) is 9.90 Å². The van der Waals surface area contributed by atoms with Crippen molar-refractivity contribution in [1.29, 1.82) is 0 Å². The van der Waals surface area contributed by atoms with E-state index in [1.54, 1.807) is 0 Å². The molecule has 0 spiro atoms. The second-order valence-corrected chi connectivity index (χ2v) is 7.21. The molecule has 3 rings (SSSR count). The van der Waals surface area contributed by atoms with Gasteiger partial charge in [0.2, 0.25) is 0 Å². The quantitative estimate of drug-likeness (QED) is 0.756. The third kappa shape index (κ3) is 3.25. The number of aliphatic hydroxyl groups is 1. The molecule has 3 heteroatoms. The maximum atomic E-state index is 12.5. The number of rotatable bonds is 3. The van der Waals surface area contributed by atoms with Crippen molar-refractivity contribution in [2.24, 2.45) is 10.4 Å². The van der Waals surface area contributed by atoms with Gasteiger partial charge in [-0.3, -0.25) is 9.79 Å². The van der Waals surface area contributed by atoms with Crippen LogP contribution in [0.1, 0.15) is 40.0 Å². The normalized spacial score (nSPS) is 18.3. The van der Waals surface area contributed by atoms with Crippen molar-refractivity contribution in [2.75, 3.05) is 0 Å². The minimum atomic E-state index is -0.188. The van der Waals surface area contributed by atoms with Crippen LogP contribution in [-0.4, -0.2) is 16.6 Å². The molecule has 2 aromatic rings. The summed E-state index contributed by atoms with van der Waals surface area (Å²) in [5.41, 5.74) is 1.71. The lowest BCUT2D eigenvalue weighted by atomic mass is 9.75. The molecule has 0 saturated heterocycles. The van der Waals surface area contributed by atoms with Crippen molar-refractivity contribution in [2.45, 2.75) is 40.0 Å². The number of carbonyl (C=O) groups is 1. The number of hydrogen-bond acceptors (Lipinski definition) is 3. The third-order valence-corrected chi connectivity index (χ3v) is 4.47. The van der Waals surface area contributed by atoms with E-state index >= 15 is 0 Å². The number of Topliss-reactive ketones (excluding diaryl/α,β-unsaturated/α-hetero) is 1. The fraction of sp³-hybridized carbons (Fsp3) is 0.333. The molecular formula is C21H23NO2. The van der Waals surface area contributed by atoms with Crippen molar-refractivity contribution in [1.82, 2.24) is 0 Å². The van der Waals surface area contributed by atoms with Gasteiger partial charge in [-0.2, -0.15) is 0 Å². The van der Waals surface area contributed by atoms with E-state index in [1.807, 2.05) is 57.2 Å². The highest BCUT2D eigenvalue weighted by molar-refractivity contribution is 6.23. The molecule has 0 bridgehead atoms. The van der Waals surface area contributed by atoms with Gasteiger partial charge in [0.1, 0.15) is 5.76 Å². The first-order chi connectivity index (χ1) is 11.4. The minimum absolute atomic E-state index is 0.00913. The van der Waals surface area contributed by atoms with Crippen LogP contribution in [0.15, 0.2) is 58.8 Å². The van der Waals surface area contributed by atoms with Gasteiger partial charge in [0, 0.05) is 12.8 Å². The lowest BCUT2D eigenvalue weighted by Crippen LogP contribution is -2.29. The number of nitrogens with zero attached hydrogens (tertiary/aromatic N) is 1. The first kappa shape index (κ1) is 16.4. The van der Waals surface area contributed by atoms with Gasteiger partial charge in [-0.1, -0.05) is 51.1 Å². The second-order valence-electron chi connectivity index (χ2n) is 7.21. The van der Waals surface area contributed by atoms with Crippen LogP contribution in [0.4, 0.5) is 5.69 Å². The fourth-order valence-corrected chi connectivity index (χ4v) is 3.33. The molecule has 1 aliphatic rings. The highest BCUT2D eigenvalue weighted by Crippen LogP contribution is 2.37. The van der Waals surface area contributed by atoms with E-state index in [1.165, 1.54) is 0 Å². The van der Waals surface area contributed by atoms with Gasteiger partial charge in [-0.15, -0.1) is 0 Å². The smallest absolute Gasteiger partial charge is 0.168 e. The van der Waals surface area contributed by atoms with Crippen LogP contribution >= 0.6 is 0 Å². The first-order valence-corrected chi connectivity index (χ1v) is 8.42. The number of aliphatic imine (C=N–C) groups is 1. The zero-order chi connectivity index (χ0) is 17.3. The van der Waals surface area contributed by atoms with E-state index < -0.39 is 0 Å². The number of fused-ring (bicyclic) bond motifs is 1. The lowest BCUT2D eigenvalue weighted by molar-refractivity contribution is -0.117. The number of carbonyl (C=O) groups excluding carboxylic acids is 1. The van der Waals surface area contributed by atoms with E-state index in [0.29, 0.717) is 30.5 Å². The summed E-state index contributed by atoms with van der Waals surface area (Å²) in [6.45, 7) is 5.97. The summed E-state index contributed by atoms with van der Waals surface area (Å²) in [5.74, 6) is 0.169. The molecule has 0 aliphatic heterocycles. The van der Waals surface area contributed by atoms with E-state index in [4.69, 9.17) is 0 Å². The lowest BCUT2D eigenvalue weighted by Gasteiger charge is -2.29. The van der Waals surface area contributed by atoms with Crippen molar-refractivity contribution >= 4 is 28.0 Å². The molecule has 0 saturated carbocycles. The predicted octanol–water partition coefficient (Wildman–Crippen LogP) is 5.52. The molecule has 0 unspecified atom stereocenters. The number of allylic oxidation sites excluding steroid dienone is 2. The molecule has 0 aromatic heterocycles. The average molecular weight is 321 g/mol. The summed E-state index contributed by atoms with van der Waals surface area (Å²) < 4.78 is 0. The summed E-state index contributed by atoms with van der Waals surface area (Å²) in [5, 5.41) is 12.7. The van der Waals surface area contributed by atoms with E-state index in [-0.39, 0.29) is 17.0 Å². The van der Waals surface area contributed by atoms with Crippen LogP contribution in [0.25, 0.3) is 10.8 Å². The molecular weight excluding hydrogens is 298 g/mol. The van der Waals surface area contributed by atoms with Gasteiger partial charge < -0.3 is 5.11 Å². The summed E-state index contributed by atoms with van der Waals surface area (Å²) in [6, 6.07) is 14.1. The number of aliphatic hydroxyl groups excluding tert-OH is 1. The largest absolute Gasteiger partial charge is 0.511 e. The topological polar surface area (TPSA) is 49.7 Å². The zero-order valence-corrected chi connectivity index (χ0v) is 14.5. The number of hydrogen-bond donors (Lipinski definition) is 1. The predicted molar refractivity (Wildman–Crippen MR) is 99.0 cm³/mol. The minimum Gasteiger partial charge on any atom is -0.511 e. The molecule has 0 radical (unpaired) electrons. The first-order valence-electron chi connectivity index (χ1n) is 8.42. The monoisotopic (exact) mass is 321 g/mol. The van der Waals surface area contributed by atoms with Crippen LogP contribution in [0.2, 0.25) is 0 Å². The Morgan fingerprint density at radius 1 is 1.12 bits per heavy atom. The molecule has 1 aliphatic carbocycles. The van der Waals surface area contributed by atoms with Crippen molar-refractivity contribution in [3.8, 4) is 0 Å². The van der Waals surface area contributed by atoms with Crippen LogP contribution < -0.4 is 0 Å². The Morgan fingerprint density at radius 2 is 1.83 bits per heavy atom. The van der Waals surface area contributed by atoms with Crippen molar-refractivity contribution < 1.29 is 9.90 Å². The Hall–Kier alpha value is -2.42. The summed E-state index contributed by atoms with van der Waals surface area (Å²) in [7, 11) is 0. The highest BCUT2D eigenvalue weighted by atomic mass is 16.3. The maximum Gasteiger partial charge on any atom is 0.168 e. The van der Waals surface area contributed by atoms with Crippen molar-refractivity contribution in [3.63, 3.8) is 0 Å². The maximum absolute atomic E-state index is 12.5. The van der Waals surface area contributed by atoms with Gasteiger partial charge >= 0.3 is 0 Å². The van der Waals surface area contributed by atoms with Crippen LogP contribution in [0.5, 0.6) is 0 Å². The zero-order valence-electron chi connectivity index (χ0n) is 14.5. The Morgan fingerprint density at radius 3 is 2.50 bits per heavy atom. The molecule has 1 N–H and O–H groups in total. The van der Waals surface area contributed by atoms with Crippen LogP contribution in [0.3, 0.4) is 0 Å².